The van der Waals surface area contributed by atoms with Crippen LogP contribution in [0.4, 0.5) is 5.69 Å². The summed E-state index contributed by atoms with van der Waals surface area (Å²) in [6.45, 7) is 1.51. The molecule has 3 nitrogen and oxygen atoms in total. The lowest BCUT2D eigenvalue weighted by Gasteiger charge is -2.22. The second-order valence-corrected chi connectivity index (χ2v) is 7.36. The summed E-state index contributed by atoms with van der Waals surface area (Å²) in [5.74, 6) is 1.12. The van der Waals surface area contributed by atoms with Crippen LogP contribution in [0.2, 0.25) is 0 Å². The molecular formula is C16H17N2OS2+. The fraction of sp³-hybridized carbons (Fsp3) is 0.312. The first-order valence-electron chi connectivity index (χ1n) is 7.15. The molecule has 0 bridgehead atoms. The Morgan fingerprint density at radius 1 is 1.14 bits per heavy atom. The average Bonchev–Trinajstić information content (AvgIpc) is 3.17. The van der Waals surface area contributed by atoms with Crippen LogP contribution in [0.15, 0.2) is 47.8 Å². The number of β-amino-alcohol motifs (C(OH)–C–C–N with tert-alkyl or cyclic N) is 1. The number of nitrogens with zero attached hydrogens (tertiary/aromatic N) is 2. The van der Waals surface area contributed by atoms with Crippen molar-refractivity contribution in [2.75, 3.05) is 23.7 Å². The fourth-order valence-electron chi connectivity index (χ4n) is 3.03. The third kappa shape index (κ3) is 2.11. The number of hydrogen-bond acceptors (Lipinski definition) is 4. The first-order valence-corrected chi connectivity index (χ1v) is 9.02. The zero-order chi connectivity index (χ0) is 14.3. The van der Waals surface area contributed by atoms with Gasteiger partial charge in [-0.25, -0.2) is 9.48 Å². The number of thiophene rings is 1. The van der Waals surface area contributed by atoms with Crippen LogP contribution in [0.5, 0.6) is 0 Å². The number of anilines is 1. The van der Waals surface area contributed by atoms with Crippen LogP contribution in [0.3, 0.4) is 0 Å². The van der Waals surface area contributed by atoms with Crippen molar-refractivity contribution in [3.63, 3.8) is 0 Å². The average molecular weight is 317 g/mol. The van der Waals surface area contributed by atoms with Gasteiger partial charge in [-0.1, -0.05) is 24.3 Å². The minimum Gasteiger partial charge on any atom is -0.346 e. The van der Waals surface area contributed by atoms with Crippen molar-refractivity contribution in [3.8, 4) is 0 Å². The highest BCUT2D eigenvalue weighted by molar-refractivity contribution is 8.13. The highest BCUT2D eigenvalue weighted by atomic mass is 32.2. The molecule has 2 aliphatic rings. The Labute approximate surface area is 132 Å². The van der Waals surface area contributed by atoms with Crippen molar-refractivity contribution in [1.29, 1.82) is 0 Å². The summed E-state index contributed by atoms with van der Waals surface area (Å²) in [7, 11) is 0. The van der Waals surface area contributed by atoms with E-state index in [1.54, 1.807) is 11.3 Å². The van der Waals surface area contributed by atoms with Crippen LogP contribution >= 0.6 is 23.1 Å². The molecule has 0 aliphatic carbocycles. The van der Waals surface area contributed by atoms with Gasteiger partial charge in [-0.15, -0.1) is 11.3 Å². The summed E-state index contributed by atoms with van der Waals surface area (Å²) in [5, 5.41) is 14.6. The molecule has 0 radical (unpaired) electrons. The Hall–Kier alpha value is -1.30. The third-order valence-corrected chi connectivity index (χ3v) is 6.23. The van der Waals surface area contributed by atoms with E-state index in [1.165, 1.54) is 5.17 Å². The zero-order valence-electron chi connectivity index (χ0n) is 11.6. The standard InChI is InChI=1S/C16H17N2OS2/c19-16(14-8-4-10-20-14)12-17(13-6-2-1-3-7-13)15-18(16)9-5-11-21-15/h1-4,6-8,10,19H,5,9,11-12H2/q+1/t16-/m1/s1. The Morgan fingerprint density at radius 3 is 2.76 bits per heavy atom. The lowest BCUT2D eigenvalue weighted by molar-refractivity contribution is -0.655. The lowest BCUT2D eigenvalue weighted by atomic mass is 10.1. The van der Waals surface area contributed by atoms with E-state index in [-0.39, 0.29) is 0 Å². The highest BCUT2D eigenvalue weighted by Gasteiger charge is 2.53. The molecule has 1 N–H and O–H groups in total. The van der Waals surface area contributed by atoms with E-state index >= 15 is 0 Å². The van der Waals surface area contributed by atoms with E-state index in [2.05, 4.69) is 33.7 Å². The number of benzene rings is 1. The smallest absolute Gasteiger partial charge is 0.316 e. The van der Waals surface area contributed by atoms with Gasteiger partial charge < -0.3 is 5.11 Å². The number of rotatable bonds is 2. The van der Waals surface area contributed by atoms with Gasteiger partial charge in [-0.3, -0.25) is 0 Å². The molecule has 5 heteroatoms. The topological polar surface area (TPSA) is 26.5 Å². The quantitative estimate of drug-likeness (QED) is 0.863. The van der Waals surface area contributed by atoms with Gasteiger partial charge in [0.2, 0.25) is 0 Å². The van der Waals surface area contributed by atoms with Gasteiger partial charge in [-0.2, -0.15) is 0 Å². The molecule has 0 spiro atoms. The maximum atomic E-state index is 11.3. The maximum absolute atomic E-state index is 11.3. The van der Waals surface area contributed by atoms with Crippen LogP contribution in [0.1, 0.15) is 11.3 Å². The SMILES string of the molecule is O[C@@]1(c2cccs2)CN(c2ccccc2)C2=[N+]1CCCS2. The molecule has 21 heavy (non-hydrogen) atoms. The fourth-order valence-corrected chi connectivity index (χ4v) is 5.03. The predicted molar refractivity (Wildman–Crippen MR) is 89.2 cm³/mol. The van der Waals surface area contributed by atoms with Crippen molar-refractivity contribution in [1.82, 2.24) is 0 Å². The van der Waals surface area contributed by atoms with Crippen LogP contribution in [-0.4, -0.2) is 33.7 Å². The van der Waals surface area contributed by atoms with E-state index in [4.69, 9.17) is 0 Å². The van der Waals surface area contributed by atoms with Crippen LogP contribution in [-0.2, 0) is 5.72 Å². The Balaban J connectivity index is 1.81. The molecule has 108 valence electrons. The molecular weight excluding hydrogens is 300 g/mol. The first kappa shape index (κ1) is 13.4. The summed E-state index contributed by atoms with van der Waals surface area (Å²) in [6.07, 6.45) is 1.12. The van der Waals surface area contributed by atoms with Gasteiger partial charge >= 0.3 is 5.17 Å². The first-order chi connectivity index (χ1) is 10.3. The largest absolute Gasteiger partial charge is 0.346 e. The van der Waals surface area contributed by atoms with Gasteiger partial charge in [0.25, 0.3) is 5.72 Å². The molecule has 0 saturated carbocycles. The number of amidine groups is 1. The number of para-hydroxylation sites is 1. The zero-order valence-corrected chi connectivity index (χ0v) is 13.2. The minimum atomic E-state index is -0.896. The molecule has 0 amide bonds. The number of thioether (sulfide) groups is 1. The summed E-state index contributed by atoms with van der Waals surface area (Å²) >= 11 is 3.48. The lowest BCUT2D eigenvalue weighted by Crippen LogP contribution is -2.40. The maximum Gasteiger partial charge on any atom is 0.316 e. The van der Waals surface area contributed by atoms with E-state index < -0.39 is 5.72 Å². The summed E-state index contributed by atoms with van der Waals surface area (Å²) in [4.78, 5) is 3.28. The van der Waals surface area contributed by atoms with Crippen molar-refractivity contribution in [2.45, 2.75) is 12.1 Å². The van der Waals surface area contributed by atoms with Gasteiger partial charge in [0.05, 0.1) is 11.4 Å². The summed E-state index contributed by atoms with van der Waals surface area (Å²) in [5.41, 5.74) is 0.256. The Bertz CT molecular complexity index is 669. The van der Waals surface area contributed by atoms with Gasteiger partial charge in [0.1, 0.15) is 5.69 Å². The van der Waals surface area contributed by atoms with Crippen molar-refractivity contribution in [3.05, 3.63) is 52.7 Å². The van der Waals surface area contributed by atoms with Crippen molar-refractivity contribution in [2.24, 2.45) is 0 Å². The number of hydrogen-bond donors (Lipinski definition) is 1. The van der Waals surface area contributed by atoms with Crippen LogP contribution in [0.25, 0.3) is 0 Å². The van der Waals surface area contributed by atoms with Crippen molar-refractivity contribution >= 4 is 34.0 Å². The van der Waals surface area contributed by atoms with Crippen molar-refractivity contribution < 1.29 is 9.68 Å². The molecule has 1 aromatic carbocycles. The van der Waals surface area contributed by atoms with Gasteiger partial charge in [-0.05, 0) is 41.8 Å². The summed E-state index contributed by atoms with van der Waals surface area (Å²) in [6, 6.07) is 14.4. The molecule has 3 heterocycles. The number of aliphatic hydroxyl groups is 1. The summed E-state index contributed by atoms with van der Waals surface area (Å²) < 4.78 is 2.18. The van der Waals surface area contributed by atoms with Gasteiger partial charge in [0.15, 0.2) is 6.54 Å². The normalized spacial score (nSPS) is 25.3. The van der Waals surface area contributed by atoms with E-state index in [9.17, 15) is 5.11 Å². The highest BCUT2D eigenvalue weighted by Crippen LogP contribution is 2.38. The predicted octanol–water partition coefficient (Wildman–Crippen LogP) is 2.92. The van der Waals surface area contributed by atoms with E-state index in [0.29, 0.717) is 6.54 Å². The van der Waals surface area contributed by atoms with E-state index in [0.717, 1.165) is 29.3 Å². The molecule has 0 saturated heterocycles. The molecule has 2 aromatic rings. The monoisotopic (exact) mass is 317 g/mol. The molecule has 0 unspecified atom stereocenters. The molecule has 1 atom stereocenters. The minimum absolute atomic E-state index is 0.597. The van der Waals surface area contributed by atoms with Crippen LogP contribution < -0.4 is 4.90 Å². The molecule has 1 aromatic heterocycles. The third-order valence-electron chi connectivity index (χ3n) is 4.03. The second-order valence-electron chi connectivity index (χ2n) is 5.35. The Morgan fingerprint density at radius 2 is 2.00 bits per heavy atom. The Kier molecular flexibility index (Phi) is 3.28. The second kappa shape index (κ2) is 5.16. The molecule has 4 rings (SSSR count). The molecule has 2 aliphatic heterocycles. The van der Waals surface area contributed by atoms with Gasteiger partial charge in [0, 0.05) is 5.75 Å². The van der Waals surface area contributed by atoms with E-state index in [1.807, 2.05) is 35.3 Å². The molecule has 0 fully saturated rings. The van der Waals surface area contributed by atoms with Crippen LogP contribution in [0, 0.1) is 0 Å².